The molecule has 3 heterocycles. The molecule has 1 unspecified atom stereocenters. The highest BCUT2D eigenvalue weighted by Gasteiger charge is 2.31. The topological polar surface area (TPSA) is 106 Å². The number of benzene rings is 2. The summed E-state index contributed by atoms with van der Waals surface area (Å²) in [5, 5.41) is 2.85. The summed E-state index contributed by atoms with van der Waals surface area (Å²) in [5.41, 5.74) is 10.1. The smallest absolute Gasteiger partial charge is 0.255 e. The number of methoxy groups -OCH3 is 1. The highest BCUT2D eigenvalue weighted by Crippen LogP contribution is 2.38. The molecule has 0 saturated heterocycles. The van der Waals surface area contributed by atoms with Crippen molar-refractivity contribution in [1.82, 2.24) is 4.98 Å². The number of fused-ring (bicyclic) bond motifs is 1. The first kappa shape index (κ1) is 20.5. The summed E-state index contributed by atoms with van der Waals surface area (Å²) >= 11 is 0. The van der Waals surface area contributed by atoms with Crippen molar-refractivity contribution in [2.45, 2.75) is 6.17 Å². The van der Waals surface area contributed by atoms with Crippen molar-refractivity contribution in [3.05, 3.63) is 102 Å². The van der Waals surface area contributed by atoms with Crippen LogP contribution >= 0.6 is 0 Å². The molecule has 0 bridgehead atoms. The van der Waals surface area contributed by atoms with Gasteiger partial charge in [-0.2, -0.15) is 4.99 Å². The van der Waals surface area contributed by atoms with E-state index < -0.39 is 6.17 Å². The summed E-state index contributed by atoms with van der Waals surface area (Å²) in [6.45, 7) is 0. The Labute approximate surface area is 190 Å². The maximum Gasteiger partial charge on any atom is 0.255 e. The fourth-order valence-electron chi connectivity index (χ4n) is 3.72. The number of amidine groups is 1. The summed E-state index contributed by atoms with van der Waals surface area (Å²) in [7, 11) is 1.62. The zero-order valence-electron chi connectivity index (χ0n) is 17.8. The van der Waals surface area contributed by atoms with Crippen molar-refractivity contribution >= 4 is 29.0 Å². The number of nitrogens with zero attached hydrogens (tertiary/aromatic N) is 3. The normalized spacial score (nSPS) is 14.9. The molecule has 1 atom stereocenters. The number of nitrogens with two attached hydrogens (primary N) is 1. The number of carbonyl (C=O) groups is 1. The van der Waals surface area contributed by atoms with E-state index in [2.05, 4.69) is 10.3 Å². The second-order valence-electron chi connectivity index (χ2n) is 7.41. The standard InChI is InChI=1S/C25H21N5O3/c1-32-20-9-7-19(8-10-20)30-22(26)21-11-13-33-25(21)29-23(30)16-4-2-5-17(14-16)24(31)28-18-6-3-12-27-15-18/h2-15,22H,26H2,1H3,(H,28,31). The van der Waals surface area contributed by atoms with Gasteiger partial charge < -0.3 is 25.1 Å². The SMILES string of the molecule is COc1ccc(N2C(c3cccc(C(=O)Nc4cccnc4)c3)=Nc3occc3C2N)cc1. The van der Waals surface area contributed by atoms with E-state index in [1.54, 1.807) is 50.0 Å². The Morgan fingerprint density at radius 1 is 1.12 bits per heavy atom. The molecule has 1 aliphatic heterocycles. The second kappa shape index (κ2) is 8.60. The molecule has 1 amide bonds. The summed E-state index contributed by atoms with van der Waals surface area (Å²) < 4.78 is 10.8. The third-order valence-corrected chi connectivity index (χ3v) is 5.36. The fraction of sp³-hybridized carbons (Fsp3) is 0.0800. The van der Waals surface area contributed by atoms with Crippen molar-refractivity contribution in [2.24, 2.45) is 10.7 Å². The van der Waals surface area contributed by atoms with E-state index in [1.165, 1.54) is 0 Å². The Morgan fingerprint density at radius 2 is 1.97 bits per heavy atom. The molecule has 2 aromatic heterocycles. The van der Waals surface area contributed by atoms with Crippen LogP contribution in [0.2, 0.25) is 0 Å². The zero-order valence-corrected chi connectivity index (χ0v) is 17.8. The highest BCUT2D eigenvalue weighted by atomic mass is 16.5. The van der Waals surface area contributed by atoms with Crippen LogP contribution in [-0.4, -0.2) is 23.8 Å². The number of aliphatic imine (C=N–C) groups is 1. The molecule has 2 aromatic carbocycles. The van der Waals surface area contributed by atoms with Crippen molar-refractivity contribution in [3.8, 4) is 5.75 Å². The van der Waals surface area contributed by atoms with Gasteiger partial charge in [0.05, 0.1) is 30.8 Å². The Balaban J connectivity index is 1.54. The molecule has 4 aromatic rings. The first-order chi connectivity index (χ1) is 16.1. The molecular weight excluding hydrogens is 418 g/mol. The number of aromatic nitrogens is 1. The number of nitrogens with one attached hydrogen (secondary N) is 1. The maximum atomic E-state index is 12.8. The summed E-state index contributed by atoms with van der Waals surface area (Å²) in [6.07, 6.45) is 4.29. The van der Waals surface area contributed by atoms with E-state index in [0.29, 0.717) is 23.0 Å². The van der Waals surface area contributed by atoms with Gasteiger partial charge in [-0.15, -0.1) is 0 Å². The van der Waals surface area contributed by atoms with Crippen molar-refractivity contribution < 1.29 is 13.9 Å². The lowest BCUT2D eigenvalue weighted by molar-refractivity contribution is 0.102. The summed E-state index contributed by atoms with van der Waals surface area (Å²) in [4.78, 5) is 23.5. The van der Waals surface area contributed by atoms with E-state index in [1.807, 2.05) is 47.4 Å². The lowest BCUT2D eigenvalue weighted by Crippen LogP contribution is -2.42. The quantitative estimate of drug-likeness (QED) is 0.475. The minimum atomic E-state index is -0.521. The number of amides is 1. The van der Waals surface area contributed by atoms with Crippen LogP contribution in [-0.2, 0) is 0 Å². The van der Waals surface area contributed by atoms with Gasteiger partial charge in [0.1, 0.15) is 17.8 Å². The number of pyridine rings is 1. The van der Waals surface area contributed by atoms with Crippen molar-refractivity contribution in [3.63, 3.8) is 0 Å². The van der Waals surface area contributed by atoms with Gasteiger partial charge in [-0.05, 0) is 54.6 Å². The highest BCUT2D eigenvalue weighted by molar-refractivity contribution is 6.14. The van der Waals surface area contributed by atoms with E-state index in [0.717, 1.165) is 22.6 Å². The van der Waals surface area contributed by atoms with Gasteiger partial charge in [0.2, 0.25) is 5.88 Å². The Kier molecular flexibility index (Phi) is 5.34. The monoisotopic (exact) mass is 439 g/mol. The minimum absolute atomic E-state index is 0.250. The summed E-state index contributed by atoms with van der Waals surface area (Å²) in [5.74, 6) is 1.51. The predicted molar refractivity (Wildman–Crippen MR) is 126 cm³/mol. The lowest BCUT2D eigenvalue weighted by atomic mass is 10.0. The van der Waals surface area contributed by atoms with Crippen LogP contribution < -0.4 is 20.7 Å². The molecule has 0 fully saturated rings. The lowest BCUT2D eigenvalue weighted by Gasteiger charge is -2.34. The number of hydrogen-bond acceptors (Lipinski definition) is 7. The van der Waals surface area contributed by atoms with Crippen LogP contribution in [0.1, 0.15) is 27.7 Å². The average Bonchev–Trinajstić information content (AvgIpc) is 3.34. The number of ether oxygens (including phenoxy) is 1. The van der Waals surface area contributed by atoms with E-state index in [9.17, 15) is 4.79 Å². The number of anilines is 2. The summed E-state index contributed by atoms with van der Waals surface area (Å²) in [6, 6.07) is 20.1. The van der Waals surface area contributed by atoms with Gasteiger partial charge in [0.15, 0.2) is 0 Å². The number of carbonyl (C=O) groups excluding carboxylic acids is 1. The molecule has 8 nitrogen and oxygen atoms in total. The third-order valence-electron chi connectivity index (χ3n) is 5.36. The Morgan fingerprint density at radius 3 is 2.73 bits per heavy atom. The molecule has 0 radical (unpaired) electrons. The van der Waals surface area contributed by atoms with Crippen LogP contribution in [0.4, 0.5) is 17.3 Å². The molecule has 5 rings (SSSR count). The minimum Gasteiger partial charge on any atom is -0.497 e. The van der Waals surface area contributed by atoms with Crippen LogP contribution in [0.3, 0.4) is 0 Å². The molecule has 3 N–H and O–H groups in total. The van der Waals surface area contributed by atoms with Gasteiger partial charge in [-0.25, -0.2) is 0 Å². The average molecular weight is 439 g/mol. The molecular formula is C25H21N5O3. The third kappa shape index (κ3) is 3.95. The second-order valence-corrected chi connectivity index (χ2v) is 7.41. The predicted octanol–water partition coefficient (Wildman–Crippen LogP) is 4.49. The van der Waals surface area contributed by atoms with Gasteiger partial charge in [0, 0.05) is 23.0 Å². The van der Waals surface area contributed by atoms with Crippen LogP contribution in [0.5, 0.6) is 5.75 Å². The van der Waals surface area contributed by atoms with Gasteiger partial charge >= 0.3 is 0 Å². The Bertz CT molecular complexity index is 1320. The largest absolute Gasteiger partial charge is 0.497 e. The van der Waals surface area contributed by atoms with Gasteiger partial charge in [0.25, 0.3) is 5.91 Å². The first-order valence-electron chi connectivity index (χ1n) is 10.3. The number of hydrogen-bond donors (Lipinski definition) is 2. The molecule has 8 heteroatoms. The van der Waals surface area contributed by atoms with Crippen molar-refractivity contribution in [2.75, 3.05) is 17.3 Å². The number of rotatable bonds is 5. The first-order valence-corrected chi connectivity index (χ1v) is 10.3. The van der Waals surface area contributed by atoms with Gasteiger partial charge in [-0.3, -0.25) is 9.78 Å². The molecule has 0 aliphatic carbocycles. The molecule has 1 aliphatic rings. The fourth-order valence-corrected chi connectivity index (χ4v) is 3.72. The zero-order chi connectivity index (χ0) is 22.8. The van der Waals surface area contributed by atoms with Crippen LogP contribution in [0.25, 0.3) is 0 Å². The van der Waals surface area contributed by atoms with Crippen LogP contribution in [0.15, 0.2) is 94.8 Å². The van der Waals surface area contributed by atoms with Crippen molar-refractivity contribution in [1.29, 1.82) is 0 Å². The van der Waals surface area contributed by atoms with E-state index >= 15 is 0 Å². The molecule has 0 spiro atoms. The van der Waals surface area contributed by atoms with E-state index in [4.69, 9.17) is 19.9 Å². The van der Waals surface area contributed by atoms with Gasteiger partial charge in [-0.1, -0.05) is 12.1 Å². The Hall–Kier alpha value is -4.43. The van der Waals surface area contributed by atoms with Crippen LogP contribution in [0, 0.1) is 0 Å². The molecule has 164 valence electrons. The maximum absolute atomic E-state index is 12.8. The molecule has 33 heavy (non-hydrogen) atoms. The molecule has 0 saturated carbocycles. The van der Waals surface area contributed by atoms with E-state index in [-0.39, 0.29) is 5.91 Å². The number of furan rings is 1.